The van der Waals surface area contributed by atoms with E-state index in [9.17, 15) is 18.3 Å². The molecule has 0 aliphatic rings. The first-order chi connectivity index (χ1) is 10.8. The van der Waals surface area contributed by atoms with Gasteiger partial charge in [-0.15, -0.1) is 0 Å². The minimum Gasteiger partial charge on any atom is -0.507 e. The summed E-state index contributed by atoms with van der Waals surface area (Å²) >= 11 is 0. The number of amides is 1. The molecule has 0 unspecified atom stereocenters. The summed E-state index contributed by atoms with van der Waals surface area (Å²) in [7, 11) is -3.94. The van der Waals surface area contributed by atoms with Gasteiger partial charge in [0.05, 0.1) is 22.8 Å². The number of rotatable bonds is 6. The lowest BCUT2D eigenvalue weighted by atomic mass is 10.2. The summed E-state index contributed by atoms with van der Waals surface area (Å²) in [5, 5.41) is 9.52. The fourth-order valence-corrected chi connectivity index (χ4v) is 2.99. The zero-order valence-corrected chi connectivity index (χ0v) is 13.1. The van der Waals surface area contributed by atoms with E-state index in [2.05, 4.69) is 4.72 Å². The minimum atomic E-state index is -3.94. The largest absolute Gasteiger partial charge is 0.507 e. The van der Waals surface area contributed by atoms with Gasteiger partial charge in [0.1, 0.15) is 11.5 Å². The summed E-state index contributed by atoms with van der Waals surface area (Å²) in [6, 6.07) is 9.75. The molecule has 2 aromatic rings. The van der Waals surface area contributed by atoms with Crippen molar-refractivity contribution in [3.05, 3.63) is 48.0 Å². The molecule has 0 saturated carbocycles. The van der Waals surface area contributed by atoms with Gasteiger partial charge in [0.25, 0.3) is 15.9 Å². The molecule has 0 heterocycles. The number of hydrogen-bond donors (Lipinski definition) is 3. The average molecular weight is 336 g/mol. The molecule has 0 aliphatic carbocycles. The molecule has 23 heavy (non-hydrogen) atoms. The van der Waals surface area contributed by atoms with Crippen molar-refractivity contribution in [2.24, 2.45) is 5.73 Å². The van der Waals surface area contributed by atoms with Crippen molar-refractivity contribution in [3.8, 4) is 11.5 Å². The quantitative estimate of drug-likeness (QED) is 0.742. The van der Waals surface area contributed by atoms with Crippen LogP contribution in [0.4, 0.5) is 5.69 Å². The Bertz CT molecular complexity index is 834. The number of phenols is 1. The van der Waals surface area contributed by atoms with Gasteiger partial charge < -0.3 is 15.6 Å². The molecule has 0 fully saturated rings. The predicted octanol–water partition coefficient (Wildman–Crippen LogP) is 1.69. The van der Waals surface area contributed by atoms with Crippen molar-refractivity contribution in [2.45, 2.75) is 11.8 Å². The summed E-state index contributed by atoms with van der Waals surface area (Å²) in [6.07, 6.45) is 0. The number of nitrogens with one attached hydrogen (secondary N) is 1. The molecule has 122 valence electrons. The number of benzene rings is 2. The summed E-state index contributed by atoms with van der Waals surface area (Å²) in [6.45, 7) is 2.27. The molecule has 0 aromatic heterocycles. The van der Waals surface area contributed by atoms with Gasteiger partial charge >= 0.3 is 0 Å². The molecule has 2 aromatic carbocycles. The number of anilines is 1. The fourth-order valence-electron chi connectivity index (χ4n) is 1.91. The van der Waals surface area contributed by atoms with E-state index in [0.717, 1.165) is 12.1 Å². The van der Waals surface area contributed by atoms with Crippen LogP contribution >= 0.6 is 0 Å². The van der Waals surface area contributed by atoms with Crippen molar-refractivity contribution in [3.63, 3.8) is 0 Å². The van der Waals surface area contributed by atoms with E-state index in [-0.39, 0.29) is 16.2 Å². The molecular formula is C15H16N2O5S. The van der Waals surface area contributed by atoms with Crippen LogP contribution in [-0.4, -0.2) is 26.0 Å². The Hall–Kier alpha value is -2.74. The predicted molar refractivity (Wildman–Crippen MR) is 85.0 cm³/mol. The molecule has 0 saturated heterocycles. The van der Waals surface area contributed by atoms with Crippen molar-refractivity contribution in [1.29, 1.82) is 0 Å². The third-order valence-electron chi connectivity index (χ3n) is 2.94. The van der Waals surface area contributed by atoms with Crippen molar-refractivity contribution in [2.75, 3.05) is 11.3 Å². The summed E-state index contributed by atoms with van der Waals surface area (Å²) in [4.78, 5) is 11.0. The van der Waals surface area contributed by atoms with Crippen LogP contribution in [0.15, 0.2) is 47.4 Å². The maximum absolute atomic E-state index is 12.4. The highest BCUT2D eigenvalue weighted by Gasteiger charge is 2.18. The van der Waals surface area contributed by atoms with E-state index in [1.165, 1.54) is 12.1 Å². The number of primary amides is 1. The number of nitrogens with two attached hydrogens (primary N) is 1. The Morgan fingerprint density at radius 2 is 2.00 bits per heavy atom. The second-order valence-corrected chi connectivity index (χ2v) is 6.29. The van der Waals surface area contributed by atoms with Crippen LogP contribution in [0.25, 0.3) is 0 Å². The van der Waals surface area contributed by atoms with Crippen LogP contribution in [0.3, 0.4) is 0 Å². The first kappa shape index (κ1) is 16.6. The Balaban J connectivity index is 2.34. The van der Waals surface area contributed by atoms with Crippen LogP contribution in [0.5, 0.6) is 11.5 Å². The van der Waals surface area contributed by atoms with E-state index < -0.39 is 15.9 Å². The SMILES string of the molecule is CCOc1cccc(NS(=O)(=O)c2ccc(O)c(C(N)=O)c2)c1. The third-order valence-corrected chi connectivity index (χ3v) is 4.32. The van der Waals surface area contributed by atoms with Gasteiger partial charge in [-0.25, -0.2) is 8.42 Å². The number of aromatic hydroxyl groups is 1. The minimum absolute atomic E-state index is 0.189. The van der Waals surface area contributed by atoms with Crippen LogP contribution in [-0.2, 0) is 10.0 Å². The first-order valence-electron chi connectivity index (χ1n) is 6.72. The Morgan fingerprint density at radius 3 is 2.65 bits per heavy atom. The Kier molecular flexibility index (Phi) is 4.75. The van der Waals surface area contributed by atoms with Crippen molar-refractivity contribution in [1.82, 2.24) is 0 Å². The lowest BCUT2D eigenvalue weighted by Gasteiger charge is -2.11. The highest BCUT2D eigenvalue weighted by molar-refractivity contribution is 7.92. The van der Waals surface area contributed by atoms with Crippen LogP contribution in [0, 0.1) is 0 Å². The van der Waals surface area contributed by atoms with E-state index in [1.54, 1.807) is 18.2 Å². The number of carbonyl (C=O) groups excluding carboxylic acids is 1. The average Bonchev–Trinajstić information content (AvgIpc) is 2.47. The summed E-state index contributed by atoms with van der Waals surface area (Å²) < 4.78 is 32.4. The molecule has 0 radical (unpaired) electrons. The van der Waals surface area contributed by atoms with E-state index in [0.29, 0.717) is 18.0 Å². The monoisotopic (exact) mass is 336 g/mol. The van der Waals surface area contributed by atoms with Crippen LogP contribution < -0.4 is 15.2 Å². The maximum Gasteiger partial charge on any atom is 0.261 e. The van der Waals surface area contributed by atoms with Crippen molar-refractivity contribution < 1.29 is 23.1 Å². The van der Waals surface area contributed by atoms with Gasteiger partial charge in [-0.2, -0.15) is 0 Å². The lowest BCUT2D eigenvalue weighted by molar-refractivity contribution is 0.0997. The first-order valence-corrected chi connectivity index (χ1v) is 8.20. The van der Waals surface area contributed by atoms with Gasteiger partial charge in [-0.05, 0) is 37.3 Å². The van der Waals surface area contributed by atoms with Crippen LogP contribution in [0.1, 0.15) is 17.3 Å². The zero-order valence-electron chi connectivity index (χ0n) is 12.3. The highest BCUT2D eigenvalue weighted by Crippen LogP contribution is 2.24. The molecule has 1 amide bonds. The molecule has 0 spiro atoms. The molecule has 7 nitrogen and oxygen atoms in total. The number of carbonyl (C=O) groups is 1. The van der Waals surface area contributed by atoms with Gasteiger partial charge in [0, 0.05) is 6.07 Å². The second-order valence-electron chi connectivity index (χ2n) is 4.61. The smallest absolute Gasteiger partial charge is 0.261 e. The summed E-state index contributed by atoms with van der Waals surface area (Å²) in [5.74, 6) is -0.774. The zero-order chi connectivity index (χ0) is 17.0. The molecule has 0 bridgehead atoms. The molecule has 0 aliphatic heterocycles. The molecule has 2 rings (SSSR count). The Labute approximate surface area is 133 Å². The second kappa shape index (κ2) is 6.57. The Morgan fingerprint density at radius 1 is 1.26 bits per heavy atom. The molecule has 4 N–H and O–H groups in total. The van der Waals surface area contributed by atoms with E-state index in [1.807, 2.05) is 6.92 Å². The number of sulfonamides is 1. The van der Waals surface area contributed by atoms with Gasteiger partial charge in [-0.3, -0.25) is 9.52 Å². The lowest BCUT2D eigenvalue weighted by Crippen LogP contribution is -2.16. The normalized spacial score (nSPS) is 11.0. The van der Waals surface area contributed by atoms with Crippen molar-refractivity contribution >= 4 is 21.6 Å². The maximum atomic E-state index is 12.4. The standard InChI is InChI=1S/C15H16N2O5S/c1-2-22-11-5-3-4-10(8-11)17-23(20,21)12-6-7-14(18)13(9-12)15(16)19/h3-9,17-18H,2H2,1H3,(H2,16,19). The number of hydrogen-bond acceptors (Lipinski definition) is 5. The topological polar surface area (TPSA) is 119 Å². The highest BCUT2D eigenvalue weighted by atomic mass is 32.2. The van der Waals surface area contributed by atoms with Crippen LogP contribution in [0.2, 0.25) is 0 Å². The van der Waals surface area contributed by atoms with Gasteiger partial charge in [0.2, 0.25) is 0 Å². The van der Waals surface area contributed by atoms with Gasteiger partial charge in [0.15, 0.2) is 0 Å². The van der Waals surface area contributed by atoms with E-state index >= 15 is 0 Å². The molecular weight excluding hydrogens is 320 g/mol. The number of ether oxygens (including phenoxy) is 1. The third kappa shape index (κ3) is 3.92. The van der Waals surface area contributed by atoms with E-state index in [4.69, 9.17) is 10.5 Å². The summed E-state index contributed by atoms with van der Waals surface area (Å²) in [5.41, 5.74) is 5.14. The van der Waals surface area contributed by atoms with Gasteiger partial charge in [-0.1, -0.05) is 6.07 Å². The molecule has 8 heteroatoms. The fraction of sp³-hybridized carbons (Fsp3) is 0.133. The molecule has 0 atom stereocenters.